The van der Waals surface area contributed by atoms with Crippen molar-refractivity contribution in [3.8, 4) is 27.7 Å². The van der Waals surface area contributed by atoms with E-state index in [2.05, 4.69) is 31.7 Å². The minimum absolute atomic E-state index is 0.635. The number of thioether (sulfide) groups is 1. The summed E-state index contributed by atoms with van der Waals surface area (Å²) >= 11 is 3.23. The Labute approximate surface area is 177 Å². The van der Waals surface area contributed by atoms with Crippen LogP contribution in [0.4, 0.5) is 0 Å². The van der Waals surface area contributed by atoms with Crippen molar-refractivity contribution in [3.63, 3.8) is 0 Å². The number of hydrogen-bond acceptors (Lipinski definition) is 7. The lowest BCUT2D eigenvalue weighted by Gasteiger charge is -2.07. The van der Waals surface area contributed by atoms with Crippen molar-refractivity contribution < 1.29 is 4.74 Å². The van der Waals surface area contributed by atoms with Crippen molar-refractivity contribution in [1.82, 2.24) is 24.7 Å². The van der Waals surface area contributed by atoms with Gasteiger partial charge in [0.2, 0.25) is 0 Å². The van der Waals surface area contributed by atoms with E-state index in [9.17, 15) is 0 Å². The Morgan fingerprint density at radius 1 is 1.17 bits per heavy atom. The summed E-state index contributed by atoms with van der Waals surface area (Å²) in [6, 6.07) is 11.8. The Balaban J connectivity index is 1.53. The minimum atomic E-state index is 0.635. The normalized spacial score (nSPS) is 10.8. The van der Waals surface area contributed by atoms with Crippen LogP contribution in [0.2, 0.25) is 0 Å². The third-order valence-corrected chi connectivity index (χ3v) is 6.13. The van der Waals surface area contributed by atoms with Gasteiger partial charge in [-0.15, -0.1) is 28.1 Å². The fourth-order valence-corrected chi connectivity index (χ4v) is 4.66. The summed E-state index contributed by atoms with van der Waals surface area (Å²) in [6.07, 6.45) is 5.36. The van der Waals surface area contributed by atoms with Crippen molar-refractivity contribution in [1.29, 1.82) is 0 Å². The molecule has 0 saturated carbocycles. The molecule has 4 rings (SSSR count). The van der Waals surface area contributed by atoms with Gasteiger partial charge in [-0.2, -0.15) is 0 Å². The number of allylic oxidation sites excluding steroid dienone is 1. The van der Waals surface area contributed by atoms with Gasteiger partial charge in [0.15, 0.2) is 11.0 Å². The SMILES string of the molecule is C=CCn1c(SCc2csc(-c3ccccc3OC)n2)nnc1-c1ccncc1. The van der Waals surface area contributed by atoms with Gasteiger partial charge in [0, 0.05) is 35.6 Å². The molecule has 1 aromatic carbocycles. The Kier molecular flexibility index (Phi) is 6.02. The molecule has 4 aromatic rings. The summed E-state index contributed by atoms with van der Waals surface area (Å²) in [6.45, 7) is 4.50. The molecule has 0 aliphatic rings. The van der Waals surface area contributed by atoms with Gasteiger partial charge in [0.25, 0.3) is 0 Å². The molecule has 29 heavy (non-hydrogen) atoms. The molecule has 0 radical (unpaired) electrons. The minimum Gasteiger partial charge on any atom is -0.496 e. The molecule has 0 saturated heterocycles. The number of methoxy groups -OCH3 is 1. The maximum absolute atomic E-state index is 5.45. The highest BCUT2D eigenvalue weighted by molar-refractivity contribution is 7.98. The van der Waals surface area contributed by atoms with Crippen LogP contribution in [0.15, 0.2) is 72.0 Å². The topological polar surface area (TPSA) is 65.7 Å². The molecule has 0 bridgehead atoms. The molecule has 0 fully saturated rings. The standard InChI is InChI=1S/C21H19N5OS2/c1-3-12-26-19(15-8-10-22-11-9-15)24-25-21(26)29-14-16-13-28-20(23-16)17-6-4-5-7-18(17)27-2/h3-11,13H,1,12,14H2,2H3. The quantitative estimate of drug-likeness (QED) is 0.296. The van der Waals surface area contributed by atoms with E-state index < -0.39 is 0 Å². The van der Waals surface area contributed by atoms with Crippen molar-refractivity contribution in [2.24, 2.45) is 0 Å². The molecule has 0 spiro atoms. The van der Waals surface area contributed by atoms with E-state index in [1.807, 2.05) is 42.5 Å². The Bertz CT molecular complexity index is 1110. The fourth-order valence-electron chi connectivity index (χ4n) is 2.86. The summed E-state index contributed by atoms with van der Waals surface area (Å²) < 4.78 is 7.51. The van der Waals surface area contributed by atoms with Crippen LogP contribution >= 0.6 is 23.1 Å². The van der Waals surface area contributed by atoms with Crippen LogP contribution in [0.3, 0.4) is 0 Å². The maximum atomic E-state index is 5.45. The third kappa shape index (κ3) is 4.23. The van der Waals surface area contributed by atoms with Crippen LogP contribution in [0.5, 0.6) is 5.75 Å². The summed E-state index contributed by atoms with van der Waals surface area (Å²) in [5, 5.41) is 12.6. The van der Waals surface area contributed by atoms with Gasteiger partial charge in [0.05, 0.1) is 18.4 Å². The second-order valence-corrected chi connectivity index (χ2v) is 7.87. The highest BCUT2D eigenvalue weighted by atomic mass is 32.2. The zero-order valence-corrected chi connectivity index (χ0v) is 17.5. The van der Waals surface area contributed by atoms with Crippen LogP contribution in [0, 0.1) is 0 Å². The Hall–Kier alpha value is -2.97. The number of ether oxygens (including phenoxy) is 1. The summed E-state index contributed by atoms with van der Waals surface area (Å²) in [7, 11) is 1.68. The number of pyridine rings is 1. The first kappa shape index (κ1) is 19.4. The molecular weight excluding hydrogens is 402 g/mol. The molecule has 8 heteroatoms. The van der Waals surface area contributed by atoms with Crippen molar-refractivity contribution in [3.05, 3.63) is 72.5 Å². The Morgan fingerprint density at radius 3 is 2.79 bits per heavy atom. The van der Waals surface area contributed by atoms with E-state index in [0.717, 1.165) is 38.6 Å². The van der Waals surface area contributed by atoms with Crippen LogP contribution in [0.1, 0.15) is 5.69 Å². The molecule has 0 amide bonds. The van der Waals surface area contributed by atoms with Crippen molar-refractivity contribution in [2.75, 3.05) is 7.11 Å². The zero-order valence-electron chi connectivity index (χ0n) is 15.9. The number of nitrogens with zero attached hydrogens (tertiary/aromatic N) is 5. The van der Waals surface area contributed by atoms with Gasteiger partial charge in [-0.3, -0.25) is 9.55 Å². The van der Waals surface area contributed by atoms with E-state index in [0.29, 0.717) is 12.3 Å². The van der Waals surface area contributed by atoms with Crippen LogP contribution < -0.4 is 4.74 Å². The van der Waals surface area contributed by atoms with E-state index >= 15 is 0 Å². The van der Waals surface area contributed by atoms with Gasteiger partial charge >= 0.3 is 0 Å². The van der Waals surface area contributed by atoms with Gasteiger partial charge in [0.1, 0.15) is 10.8 Å². The van der Waals surface area contributed by atoms with E-state index in [1.165, 1.54) is 0 Å². The number of aromatic nitrogens is 5. The highest BCUT2D eigenvalue weighted by Gasteiger charge is 2.15. The van der Waals surface area contributed by atoms with Gasteiger partial charge in [-0.25, -0.2) is 4.98 Å². The lowest BCUT2D eigenvalue weighted by atomic mass is 10.2. The van der Waals surface area contributed by atoms with Crippen LogP contribution in [-0.2, 0) is 12.3 Å². The second kappa shape index (κ2) is 9.02. The molecule has 0 N–H and O–H groups in total. The average Bonchev–Trinajstić information content (AvgIpc) is 3.40. The highest BCUT2D eigenvalue weighted by Crippen LogP contribution is 2.33. The van der Waals surface area contributed by atoms with E-state index in [1.54, 1.807) is 42.6 Å². The lowest BCUT2D eigenvalue weighted by Crippen LogP contribution is -2.00. The van der Waals surface area contributed by atoms with E-state index in [4.69, 9.17) is 9.72 Å². The van der Waals surface area contributed by atoms with Gasteiger partial charge < -0.3 is 4.74 Å². The molecule has 3 heterocycles. The Morgan fingerprint density at radius 2 is 2.00 bits per heavy atom. The second-order valence-electron chi connectivity index (χ2n) is 6.07. The smallest absolute Gasteiger partial charge is 0.192 e. The first-order chi connectivity index (χ1) is 14.3. The number of thiazole rings is 1. The summed E-state index contributed by atoms with van der Waals surface area (Å²) in [5.41, 5.74) is 2.99. The van der Waals surface area contributed by atoms with Crippen molar-refractivity contribution in [2.45, 2.75) is 17.5 Å². The zero-order chi connectivity index (χ0) is 20.1. The van der Waals surface area contributed by atoms with Crippen LogP contribution in [-0.4, -0.2) is 31.8 Å². The third-order valence-electron chi connectivity index (χ3n) is 4.21. The number of benzene rings is 1. The fraction of sp³-hybridized carbons (Fsp3) is 0.143. The molecule has 0 unspecified atom stereocenters. The number of para-hydroxylation sites is 1. The molecule has 0 atom stereocenters. The van der Waals surface area contributed by atoms with Gasteiger partial charge in [-0.1, -0.05) is 30.0 Å². The maximum Gasteiger partial charge on any atom is 0.192 e. The molecular formula is C21H19N5OS2. The molecule has 3 aromatic heterocycles. The first-order valence-electron chi connectivity index (χ1n) is 8.95. The predicted octanol–water partition coefficient (Wildman–Crippen LogP) is 4.95. The monoisotopic (exact) mass is 421 g/mol. The summed E-state index contributed by atoms with van der Waals surface area (Å²) in [5.74, 6) is 2.34. The molecule has 0 aliphatic heterocycles. The van der Waals surface area contributed by atoms with Gasteiger partial charge in [-0.05, 0) is 24.3 Å². The summed E-state index contributed by atoms with van der Waals surface area (Å²) in [4.78, 5) is 8.85. The number of hydrogen-bond donors (Lipinski definition) is 0. The molecule has 146 valence electrons. The number of rotatable bonds is 8. The molecule has 6 nitrogen and oxygen atoms in total. The van der Waals surface area contributed by atoms with E-state index in [-0.39, 0.29) is 0 Å². The average molecular weight is 422 g/mol. The predicted molar refractivity (Wildman–Crippen MR) is 117 cm³/mol. The van der Waals surface area contributed by atoms with Crippen LogP contribution in [0.25, 0.3) is 22.0 Å². The first-order valence-corrected chi connectivity index (χ1v) is 10.8. The largest absolute Gasteiger partial charge is 0.496 e. The molecule has 0 aliphatic carbocycles. The van der Waals surface area contributed by atoms with Crippen molar-refractivity contribution >= 4 is 23.1 Å². The lowest BCUT2D eigenvalue weighted by molar-refractivity contribution is 0.416.